The Morgan fingerprint density at radius 1 is 1.03 bits per heavy atom. The number of fused-ring (bicyclic) bond motifs is 5. The molecule has 2 aromatic heterocycles. The van der Waals surface area contributed by atoms with Crippen LogP contribution in [0.4, 0.5) is 5.95 Å². The number of nitrogens with zero attached hydrogens (tertiary/aromatic N) is 5. The maximum absolute atomic E-state index is 13.1. The smallest absolute Gasteiger partial charge is 0.257 e. The zero-order chi connectivity index (χ0) is 22.9. The number of amides is 2. The zero-order valence-corrected chi connectivity index (χ0v) is 18.6. The Morgan fingerprint density at radius 2 is 1.82 bits per heavy atom. The van der Waals surface area contributed by atoms with Crippen LogP contribution in [0, 0.1) is 0 Å². The molecule has 0 aliphatic carbocycles. The van der Waals surface area contributed by atoms with Crippen LogP contribution < -0.4 is 10.6 Å². The van der Waals surface area contributed by atoms with E-state index >= 15 is 0 Å². The normalized spacial score (nSPS) is 17.2. The number of imidazole rings is 1. The standard InChI is InChI=1S/C24H25N7O2/c1-15-7-3-4-12-25-22(32)16-8-5-9-17(13-16)23(33)28-24-27-19-11-6-10-18(20(19)31(15)24)21-26-14-30(2)29-21/h5-6,8-11,13-15H,3-4,7,12H2,1-2H3,(H,25,32)(H,27,28,33)/t15-/m0/s1. The zero-order valence-electron chi connectivity index (χ0n) is 18.6. The van der Waals surface area contributed by atoms with E-state index in [9.17, 15) is 9.59 Å². The Labute approximate surface area is 190 Å². The van der Waals surface area contributed by atoms with E-state index in [4.69, 9.17) is 4.98 Å². The number of nitrogens with one attached hydrogen (secondary N) is 2. The summed E-state index contributed by atoms with van der Waals surface area (Å²) in [5.74, 6) is 0.592. The number of rotatable bonds is 1. The predicted octanol–water partition coefficient (Wildman–Crippen LogP) is 3.56. The van der Waals surface area contributed by atoms with Gasteiger partial charge >= 0.3 is 0 Å². The van der Waals surface area contributed by atoms with Crippen molar-refractivity contribution in [2.75, 3.05) is 11.9 Å². The number of hydrogen-bond donors (Lipinski definition) is 2. The summed E-state index contributed by atoms with van der Waals surface area (Å²) in [6, 6.07) is 12.6. The molecule has 0 saturated carbocycles. The number of aryl methyl sites for hydroxylation is 1. The third-order valence-corrected chi connectivity index (χ3v) is 5.94. The molecule has 5 rings (SSSR count). The molecule has 9 heteroatoms. The van der Waals surface area contributed by atoms with Crippen LogP contribution in [0.15, 0.2) is 48.8 Å². The van der Waals surface area contributed by atoms with E-state index in [0.29, 0.717) is 29.4 Å². The maximum Gasteiger partial charge on any atom is 0.257 e. The van der Waals surface area contributed by atoms with Crippen molar-refractivity contribution < 1.29 is 9.59 Å². The van der Waals surface area contributed by atoms with Gasteiger partial charge in [-0.15, -0.1) is 0 Å². The lowest BCUT2D eigenvalue weighted by molar-refractivity contribution is 0.0953. The highest BCUT2D eigenvalue weighted by atomic mass is 16.2. The van der Waals surface area contributed by atoms with Gasteiger partial charge in [0.2, 0.25) is 5.95 Å². The van der Waals surface area contributed by atoms with Gasteiger partial charge < -0.3 is 9.88 Å². The van der Waals surface area contributed by atoms with Gasteiger partial charge in [0.05, 0.1) is 11.0 Å². The second-order valence-corrected chi connectivity index (χ2v) is 8.36. The number of para-hydroxylation sites is 1. The van der Waals surface area contributed by atoms with Crippen LogP contribution >= 0.6 is 0 Å². The summed E-state index contributed by atoms with van der Waals surface area (Å²) in [6.45, 7) is 2.70. The van der Waals surface area contributed by atoms with Crippen LogP contribution in [0.5, 0.6) is 0 Å². The van der Waals surface area contributed by atoms with Gasteiger partial charge in [-0.05, 0) is 56.5 Å². The fourth-order valence-corrected chi connectivity index (χ4v) is 4.28. The molecule has 2 N–H and O–H groups in total. The molecule has 168 valence electrons. The van der Waals surface area contributed by atoms with Gasteiger partial charge in [-0.3, -0.25) is 19.6 Å². The average Bonchev–Trinajstić information content (AvgIpc) is 3.41. The molecule has 2 bridgehead atoms. The summed E-state index contributed by atoms with van der Waals surface area (Å²) < 4.78 is 3.74. The molecule has 0 fully saturated rings. The molecule has 2 aromatic carbocycles. The van der Waals surface area contributed by atoms with Gasteiger partial charge in [0, 0.05) is 36.3 Å². The Morgan fingerprint density at radius 3 is 2.61 bits per heavy atom. The third kappa shape index (κ3) is 3.97. The molecule has 0 saturated heterocycles. The molecule has 1 atom stereocenters. The first-order valence-electron chi connectivity index (χ1n) is 11.1. The van der Waals surface area contributed by atoms with Crippen molar-refractivity contribution in [2.45, 2.75) is 32.2 Å². The van der Waals surface area contributed by atoms with Crippen LogP contribution in [-0.4, -0.2) is 42.7 Å². The van der Waals surface area contributed by atoms with E-state index in [1.54, 1.807) is 35.3 Å². The molecule has 1 aliphatic rings. The van der Waals surface area contributed by atoms with E-state index < -0.39 is 0 Å². The van der Waals surface area contributed by atoms with Gasteiger partial charge in [0.15, 0.2) is 5.82 Å². The second-order valence-electron chi connectivity index (χ2n) is 8.36. The quantitative estimate of drug-likeness (QED) is 0.468. The molecular weight excluding hydrogens is 418 g/mol. The van der Waals surface area contributed by atoms with Crippen LogP contribution in [0.1, 0.15) is 52.9 Å². The Kier molecular flexibility index (Phi) is 5.37. The van der Waals surface area contributed by atoms with Gasteiger partial charge in [0.25, 0.3) is 11.8 Å². The highest BCUT2D eigenvalue weighted by Gasteiger charge is 2.23. The third-order valence-electron chi connectivity index (χ3n) is 5.94. The van der Waals surface area contributed by atoms with Crippen LogP contribution in [-0.2, 0) is 7.05 Å². The topological polar surface area (TPSA) is 107 Å². The number of hydrogen-bond acceptors (Lipinski definition) is 5. The van der Waals surface area contributed by atoms with Gasteiger partial charge in [-0.2, -0.15) is 5.10 Å². The summed E-state index contributed by atoms with van der Waals surface area (Å²) in [6.07, 6.45) is 4.30. The van der Waals surface area contributed by atoms with Crippen molar-refractivity contribution in [1.82, 2.24) is 29.6 Å². The molecule has 0 unspecified atom stereocenters. The number of anilines is 1. The van der Waals surface area contributed by atoms with E-state index in [2.05, 4.69) is 32.2 Å². The summed E-state index contributed by atoms with van der Waals surface area (Å²) in [4.78, 5) is 34.8. The van der Waals surface area contributed by atoms with Gasteiger partial charge in [-0.1, -0.05) is 12.1 Å². The molecule has 0 radical (unpaired) electrons. The number of carbonyl (C=O) groups excluding carboxylic acids is 2. The largest absolute Gasteiger partial charge is 0.352 e. The Hall–Kier alpha value is -4.01. The summed E-state index contributed by atoms with van der Waals surface area (Å²) in [5, 5.41) is 10.4. The Balaban J connectivity index is 1.65. The van der Waals surface area contributed by atoms with Crippen molar-refractivity contribution in [3.63, 3.8) is 0 Å². The van der Waals surface area contributed by atoms with E-state index in [0.717, 1.165) is 35.9 Å². The van der Waals surface area contributed by atoms with E-state index in [-0.39, 0.29) is 17.9 Å². The van der Waals surface area contributed by atoms with Crippen molar-refractivity contribution >= 4 is 28.8 Å². The minimum atomic E-state index is -0.317. The first kappa shape index (κ1) is 20.9. The lowest BCUT2D eigenvalue weighted by atomic mass is 10.1. The van der Waals surface area contributed by atoms with Crippen LogP contribution in [0.25, 0.3) is 22.4 Å². The first-order chi connectivity index (χ1) is 16.0. The minimum absolute atomic E-state index is 0.0557. The monoisotopic (exact) mass is 443 g/mol. The van der Waals surface area contributed by atoms with Crippen molar-refractivity contribution in [3.8, 4) is 11.4 Å². The molecule has 9 nitrogen and oxygen atoms in total. The minimum Gasteiger partial charge on any atom is -0.352 e. The second kappa shape index (κ2) is 8.50. The average molecular weight is 444 g/mol. The molecule has 33 heavy (non-hydrogen) atoms. The maximum atomic E-state index is 13.1. The number of benzene rings is 2. The molecule has 1 aliphatic heterocycles. The molecule has 0 spiro atoms. The van der Waals surface area contributed by atoms with E-state index in [1.807, 2.05) is 25.2 Å². The van der Waals surface area contributed by atoms with Crippen molar-refractivity contribution in [2.24, 2.45) is 7.05 Å². The predicted molar refractivity (Wildman–Crippen MR) is 125 cm³/mol. The van der Waals surface area contributed by atoms with Gasteiger partial charge in [0.1, 0.15) is 6.33 Å². The summed E-state index contributed by atoms with van der Waals surface area (Å²) >= 11 is 0. The lowest BCUT2D eigenvalue weighted by Gasteiger charge is -2.19. The van der Waals surface area contributed by atoms with Crippen molar-refractivity contribution in [3.05, 3.63) is 59.9 Å². The fourth-order valence-electron chi connectivity index (χ4n) is 4.28. The van der Waals surface area contributed by atoms with Gasteiger partial charge in [-0.25, -0.2) is 9.97 Å². The van der Waals surface area contributed by atoms with Crippen LogP contribution in [0.2, 0.25) is 0 Å². The highest BCUT2D eigenvalue weighted by Crippen LogP contribution is 2.33. The van der Waals surface area contributed by atoms with Crippen molar-refractivity contribution in [1.29, 1.82) is 0 Å². The Bertz CT molecular complexity index is 1350. The summed E-state index contributed by atoms with van der Waals surface area (Å²) in [5.41, 5.74) is 3.38. The summed E-state index contributed by atoms with van der Waals surface area (Å²) in [7, 11) is 1.83. The van der Waals surface area contributed by atoms with E-state index in [1.165, 1.54) is 0 Å². The number of aromatic nitrogens is 5. The highest BCUT2D eigenvalue weighted by molar-refractivity contribution is 6.06. The number of carbonyl (C=O) groups is 2. The molecular formula is C24H25N7O2. The molecule has 2 amide bonds. The lowest BCUT2D eigenvalue weighted by Crippen LogP contribution is -2.25. The first-order valence-corrected chi connectivity index (χ1v) is 11.1. The SMILES string of the molecule is C[C@H]1CCCCNC(=O)c2cccc(c2)C(=O)Nc2nc3cccc(-c4ncn(C)n4)c3n21. The molecule has 3 heterocycles. The van der Waals surface area contributed by atoms with Crippen LogP contribution in [0.3, 0.4) is 0 Å². The fraction of sp³-hybridized carbons (Fsp3) is 0.292. The molecule has 4 aromatic rings.